The van der Waals surface area contributed by atoms with Gasteiger partial charge in [0.1, 0.15) is 5.82 Å². The van der Waals surface area contributed by atoms with E-state index in [1.165, 1.54) is 25.3 Å². The molecule has 0 atom stereocenters. The minimum absolute atomic E-state index is 0.135. The average Bonchev–Trinajstić information content (AvgIpc) is 2.54. The molecule has 0 fully saturated rings. The Morgan fingerprint density at radius 1 is 1.22 bits per heavy atom. The molecule has 0 saturated carbocycles. The second-order valence-corrected chi connectivity index (χ2v) is 5.40. The highest BCUT2D eigenvalue weighted by molar-refractivity contribution is 9.10. The second kappa shape index (κ2) is 7.78. The molecule has 0 aliphatic rings. The molecule has 2 rings (SSSR count). The van der Waals surface area contributed by atoms with Crippen LogP contribution in [0.15, 0.2) is 46.9 Å². The van der Waals surface area contributed by atoms with E-state index in [4.69, 9.17) is 9.47 Å². The zero-order chi connectivity index (χ0) is 16.8. The number of carbonyl (C=O) groups excluding carboxylic acids is 1. The van der Waals surface area contributed by atoms with Crippen LogP contribution in [0.4, 0.5) is 10.1 Å². The number of ether oxygens (including phenoxy) is 2. The topological polar surface area (TPSA) is 47.6 Å². The molecule has 0 radical (unpaired) electrons. The number of benzene rings is 2. The van der Waals surface area contributed by atoms with Crippen LogP contribution in [0.25, 0.3) is 6.08 Å². The van der Waals surface area contributed by atoms with Crippen molar-refractivity contribution in [1.29, 1.82) is 0 Å². The van der Waals surface area contributed by atoms with Gasteiger partial charge in [0.05, 0.1) is 24.4 Å². The van der Waals surface area contributed by atoms with E-state index in [1.54, 1.807) is 37.5 Å². The zero-order valence-electron chi connectivity index (χ0n) is 12.6. The van der Waals surface area contributed by atoms with Crippen LogP contribution in [0.3, 0.4) is 0 Å². The fourth-order valence-electron chi connectivity index (χ4n) is 1.94. The Hall–Kier alpha value is -2.34. The number of carbonyl (C=O) groups is 1. The van der Waals surface area contributed by atoms with Gasteiger partial charge in [0.15, 0.2) is 11.5 Å². The molecule has 0 aliphatic carbocycles. The summed E-state index contributed by atoms with van der Waals surface area (Å²) in [6, 6.07) is 9.50. The van der Waals surface area contributed by atoms with Gasteiger partial charge < -0.3 is 14.8 Å². The van der Waals surface area contributed by atoms with Crippen molar-refractivity contribution in [2.45, 2.75) is 0 Å². The molecule has 6 heteroatoms. The average molecular weight is 380 g/mol. The summed E-state index contributed by atoms with van der Waals surface area (Å²) in [5, 5.41) is 2.48. The maximum absolute atomic E-state index is 13.5. The van der Waals surface area contributed by atoms with Gasteiger partial charge in [-0.2, -0.15) is 0 Å². The predicted octanol–water partition coefficient (Wildman–Crippen LogP) is 4.26. The van der Waals surface area contributed by atoms with Crippen LogP contribution in [-0.4, -0.2) is 20.1 Å². The molecule has 0 spiro atoms. The van der Waals surface area contributed by atoms with Crippen LogP contribution in [-0.2, 0) is 4.79 Å². The second-order valence-electron chi connectivity index (χ2n) is 4.54. The van der Waals surface area contributed by atoms with Crippen molar-refractivity contribution < 1.29 is 18.7 Å². The molecule has 2 aromatic carbocycles. The van der Waals surface area contributed by atoms with Crippen LogP contribution in [0.2, 0.25) is 0 Å². The van der Waals surface area contributed by atoms with Crippen LogP contribution in [0, 0.1) is 5.82 Å². The number of hydrogen-bond donors (Lipinski definition) is 1. The van der Waals surface area contributed by atoms with Crippen LogP contribution >= 0.6 is 15.9 Å². The highest BCUT2D eigenvalue weighted by Gasteiger charge is 2.09. The lowest BCUT2D eigenvalue weighted by Crippen LogP contribution is -2.09. The molecule has 0 saturated heterocycles. The zero-order valence-corrected chi connectivity index (χ0v) is 14.2. The van der Waals surface area contributed by atoms with Gasteiger partial charge in [0, 0.05) is 6.08 Å². The Morgan fingerprint density at radius 3 is 2.61 bits per heavy atom. The summed E-state index contributed by atoms with van der Waals surface area (Å²) >= 11 is 3.38. The van der Waals surface area contributed by atoms with Gasteiger partial charge in [-0.05, 0) is 51.8 Å². The summed E-state index contributed by atoms with van der Waals surface area (Å²) in [7, 11) is 3.07. The molecule has 4 nitrogen and oxygen atoms in total. The molecular weight excluding hydrogens is 365 g/mol. The minimum Gasteiger partial charge on any atom is -0.493 e. The number of methoxy groups -OCH3 is 2. The van der Waals surface area contributed by atoms with Crippen molar-refractivity contribution in [1.82, 2.24) is 0 Å². The maximum Gasteiger partial charge on any atom is 0.248 e. The normalized spacial score (nSPS) is 10.6. The Kier molecular flexibility index (Phi) is 5.76. The molecule has 2 aromatic rings. The number of amides is 1. The Labute approximate surface area is 142 Å². The van der Waals surface area contributed by atoms with E-state index in [0.717, 1.165) is 5.56 Å². The molecule has 0 bridgehead atoms. The Bertz CT molecular complexity index is 747. The first-order valence-corrected chi connectivity index (χ1v) is 7.49. The van der Waals surface area contributed by atoms with Gasteiger partial charge in [0.25, 0.3) is 0 Å². The molecule has 1 N–H and O–H groups in total. The monoisotopic (exact) mass is 379 g/mol. The number of halogens is 2. The summed E-state index contributed by atoms with van der Waals surface area (Å²) in [4.78, 5) is 11.9. The number of rotatable bonds is 5. The van der Waals surface area contributed by atoms with Crippen molar-refractivity contribution in [3.63, 3.8) is 0 Å². The largest absolute Gasteiger partial charge is 0.493 e. The molecule has 1 amide bonds. The van der Waals surface area contributed by atoms with E-state index in [2.05, 4.69) is 21.2 Å². The molecular formula is C17H15BrFNO3. The number of nitrogens with one attached hydrogen (secondary N) is 1. The van der Waals surface area contributed by atoms with Crippen molar-refractivity contribution in [3.05, 3.63) is 58.3 Å². The first-order valence-electron chi connectivity index (χ1n) is 6.70. The van der Waals surface area contributed by atoms with Gasteiger partial charge in [-0.3, -0.25) is 4.79 Å². The summed E-state index contributed by atoms with van der Waals surface area (Å²) < 4.78 is 24.6. The van der Waals surface area contributed by atoms with Crippen molar-refractivity contribution in [3.8, 4) is 11.5 Å². The lowest BCUT2D eigenvalue weighted by atomic mass is 10.2. The smallest absolute Gasteiger partial charge is 0.248 e. The summed E-state index contributed by atoms with van der Waals surface area (Å²) in [6.07, 6.45) is 2.92. The Balaban J connectivity index is 2.15. The van der Waals surface area contributed by atoms with Gasteiger partial charge >= 0.3 is 0 Å². The Morgan fingerprint density at radius 2 is 1.96 bits per heavy atom. The fraction of sp³-hybridized carbons (Fsp3) is 0.118. The molecule has 23 heavy (non-hydrogen) atoms. The van der Waals surface area contributed by atoms with Crippen molar-refractivity contribution in [2.24, 2.45) is 0 Å². The molecule has 0 aliphatic heterocycles. The molecule has 0 aromatic heterocycles. The molecule has 0 heterocycles. The van der Waals surface area contributed by atoms with E-state index in [9.17, 15) is 9.18 Å². The van der Waals surface area contributed by atoms with Crippen molar-refractivity contribution >= 4 is 33.6 Å². The third kappa shape index (κ3) is 4.32. The van der Waals surface area contributed by atoms with Crippen molar-refractivity contribution in [2.75, 3.05) is 19.5 Å². The van der Waals surface area contributed by atoms with Crippen LogP contribution < -0.4 is 14.8 Å². The van der Waals surface area contributed by atoms with E-state index in [-0.39, 0.29) is 5.69 Å². The summed E-state index contributed by atoms with van der Waals surface area (Å²) in [6.45, 7) is 0. The molecule has 120 valence electrons. The van der Waals surface area contributed by atoms with E-state index >= 15 is 0 Å². The first kappa shape index (κ1) is 17.0. The van der Waals surface area contributed by atoms with E-state index in [0.29, 0.717) is 16.0 Å². The van der Waals surface area contributed by atoms with Gasteiger partial charge in [-0.25, -0.2) is 4.39 Å². The molecule has 0 unspecified atom stereocenters. The fourth-order valence-corrected chi connectivity index (χ4v) is 2.56. The maximum atomic E-state index is 13.5. The summed E-state index contributed by atoms with van der Waals surface area (Å²) in [5.74, 6) is 0.195. The van der Waals surface area contributed by atoms with Gasteiger partial charge in [0.2, 0.25) is 5.91 Å². The highest BCUT2D eigenvalue weighted by atomic mass is 79.9. The SMILES string of the molecule is COc1cc(C=CC(=O)Nc2ccccc2F)cc(Br)c1OC. The third-order valence-corrected chi connectivity index (χ3v) is 3.60. The van der Waals surface area contributed by atoms with E-state index in [1.807, 2.05) is 0 Å². The first-order chi connectivity index (χ1) is 11.0. The van der Waals surface area contributed by atoms with E-state index < -0.39 is 11.7 Å². The number of anilines is 1. The quantitative estimate of drug-likeness (QED) is 0.789. The highest BCUT2D eigenvalue weighted by Crippen LogP contribution is 2.36. The number of hydrogen-bond acceptors (Lipinski definition) is 3. The summed E-state index contributed by atoms with van der Waals surface area (Å²) in [5.41, 5.74) is 0.869. The lowest BCUT2D eigenvalue weighted by molar-refractivity contribution is -0.111. The standard InChI is InChI=1S/C17H15BrFNO3/c1-22-15-10-11(9-12(18)17(15)23-2)7-8-16(21)20-14-6-4-3-5-13(14)19/h3-10H,1-2H3,(H,20,21). The number of para-hydroxylation sites is 1. The third-order valence-electron chi connectivity index (χ3n) is 3.01. The lowest BCUT2D eigenvalue weighted by Gasteiger charge is -2.10. The van der Waals surface area contributed by atoms with Gasteiger partial charge in [-0.1, -0.05) is 12.1 Å². The van der Waals surface area contributed by atoms with Crippen LogP contribution in [0.1, 0.15) is 5.56 Å². The minimum atomic E-state index is -0.483. The predicted molar refractivity (Wildman–Crippen MR) is 91.3 cm³/mol. The van der Waals surface area contributed by atoms with Gasteiger partial charge in [-0.15, -0.1) is 0 Å². The van der Waals surface area contributed by atoms with Crippen LogP contribution in [0.5, 0.6) is 11.5 Å².